The Labute approximate surface area is 71.5 Å². The van der Waals surface area contributed by atoms with Crippen molar-refractivity contribution in [3.8, 4) is 0 Å². The van der Waals surface area contributed by atoms with Crippen molar-refractivity contribution in [2.75, 3.05) is 0 Å². The quantitative estimate of drug-likeness (QED) is 0.581. The fraction of sp³-hybridized carbons (Fsp3) is 0.444. The average Bonchev–Trinajstić information content (AvgIpc) is 1.96. The van der Waals surface area contributed by atoms with E-state index < -0.39 is 6.43 Å². The number of alkyl halides is 2. The van der Waals surface area contributed by atoms with Gasteiger partial charge in [-0.25, -0.2) is 8.78 Å². The second-order valence-corrected chi connectivity index (χ2v) is 2.56. The van der Waals surface area contributed by atoms with Crippen molar-refractivity contribution in [1.82, 2.24) is 0 Å². The first-order valence-electron chi connectivity index (χ1n) is 3.69. The van der Waals surface area contributed by atoms with Gasteiger partial charge in [0.15, 0.2) is 0 Å². The summed E-state index contributed by atoms with van der Waals surface area (Å²) in [6.07, 6.45) is 1.85. The van der Waals surface area contributed by atoms with Gasteiger partial charge in [0.2, 0.25) is 0 Å². The van der Waals surface area contributed by atoms with Gasteiger partial charge in [0, 0.05) is 6.20 Å². The maximum absolute atomic E-state index is 12.2. The predicted molar refractivity (Wildman–Crippen MR) is 47.7 cm³/mol. The summed E-state index contributed by atoms with van der Waals surface area (Å²) in [4.78, 5) is 3.59. The Morgan fingerprint density at radius 2 is 1.92 bits per heavy atom. The first-order valence-corrected chi connectivity index (χ1v) is 3.69. The molecule has 0 fully saturated rings. The van der Waals surface area contributed by atoms with Crippen molar-refractivity contribution in [1.29, 1.82) is 0 Å². The first-order chi connectivity index (χ1) is 5.57. The van der Waals surface area contributed by atoms with Crippen molar-refractivity contribution >= 4 is 5.71 Å². The molecule has 1 nitrogen and oxygen atoms in total. The van der Waals surface area contributed by atoms with E-state index in [0.717, 1.165) is 5.57 Å². The largest absolute Gasteiger partial charge is 0.280 e. The molecule has 3 heteroatoms. The maximum atomic E-state index is 12.2. The van der Waals surface area contributed by atoms with Gasteiger partial charge in [-0.3, -0.25) is 4.99 Å². The summed E-state index contributed by atoms with van der Waals surface area (Å²) in [5.41, 5.74) is 0.631. The van der Waals surface area contributed by atoms with Gasteiger partial charge in [-0.15, -0.1) is 0 Å². The van der Waals surface area contributed by atoms with Crippen LogP contribution in [0.4, 0.5) is 8.78 Å². The zero-order valence-electron chi connectivity index (χ0n) is 7.51. The maximum Gasteiger partial charge on any atom is 0.280 e. The van der Waals surface area contributed by atoms with Crippen LogP contribution < -0.4 is 0 Å². The fourth-order valence-corrected chi connectivity index (χ4v) is 0.613. The van der Waals surface area contributed by atoms with Crippen LogP contribution in [0.25, 0.3) is 0 Å². The lowest BCUT2D eigenvalue weighted by molar-refractivity contribution is 0.227. The van der Waals surface area contributed by atoms with Crippen molar-refractivity contribution in [3.63, 3.8) is 0 Å². The number of hydrogen-bond donors (Lipinski definition) is 0. The van der Waals surface area contributed by atoms with Gasteiger partial charge in [-0.1, -0.05) is 11.6 Å². The minimum Gasteiger partial charge on any atom is -0.256 e. The Balaban J connectivity index is 4.55. The summed E-state index contributed by atoms with van der Waals surface area (Å²) in [5.74, 6) is 0. The van der Waals surface area contributed by atoms with Gasteiger partial charge in [-0.05, 0) is 26.8 Å². The van der Waals surface area contributed by atoms with E-state index in [2.05, 4.69) is 4.99 Å². The molecular formula is C9H13F2N. The third-order valence-corrected chi connectivity index (χ3v) is 1.03. The van der Waals surface area contributed by atoms with Gasteiger partial charge >= 0.3 is 0 Å². The van der Waals surface area contributed by atoms with Gasteiger partial charge in [0.25, 0.3) is 6.43 Å². The molecule has 68 valence electrons. The molecule has 0 aromatic heterocycles. The van der Waals surface area contributed by atoms with E-state index in [0.29, 0.717) is 0 Å². The molecule has 0 bridgehead atoms. The Morgan fingerprint density at radius 3 is 2.25 bits per heavy atom. The van der Waals surface area contributed by atoms with Crippen LogP contribution in [-0.2, 0) is 0 Å². The van der Waals surface area contributed by atoms with Crippen LogP contribution in [0.3, 0.4) is 0 Å². The molecule has 0 saturated heterocycles. The molecule has 0 amide bonds. The van der Waals surface area contributed by atoms with Crippen molar-refractivity contribution < 1.29 is 8.78 Å². The highest BCUT2D eigenvalue weighted by molar-refractivity contribution is 5.98. The lowest BCUT2D eigenvalue weighted by atomic mass is 10.2. The molecule has 0 aliphatic heterocycles. The number of allylic oxidation sites excluding steroid dienone is 3. The van der Waals surface area contributed by atoms with E-state index >= 15 is 0 Å². The zero-order chi connectivity index (χ0) is 9.56. The van der Waals surface area contributed by atoms with E-state index in [4.69, 9.17) is 0 Å². The number of rotatable bonds is 3. The zero-order valence-corrected chi connectivity index (χ0v) is 7.51. The summed E-state index contributed by atoms with van der Waals surface area (Å²) in [6, 6.07) is 0. The lowest BCUT2D eigenvalue weighted by Gasteiger charge is -1.97. The summed E-state index contributed by atoms with van der Waals surface area (Å²) >= 11 is 0. The van der Waals surface area contributed by atoms with Crippen molar-refractivity contribution in [2.24, 2.45) is 4.99 Å². The smallest absolute Gasteiger partial charge is 0.256 e. The van der Waals surface area contributed by atoms with E-state index in [1.54, 1.807) is 26.8 Å². The highest BCUT2D eigenvalue weighted by atomic mass is 19.3. The van der Waals surface area contributed by atoms with Crippen LogP contribution in [0.2, 0.25) is 0 Å². The molecular weight excluding hydrogens is 160 g/mol. The second kappa shape index (κ2) is 5.63. The van der Waals surface area contributed by atoms with Crippen LogP contribution in [-0.4, -0.2) is 12.1 Å². The minimum absolute atomic E-state index is 0.187. The van der Waals surface area contributed by atoms with E-state index in [1.165, 1.54) is 12.3 Å². The van der Waals surface area contributed by atoms with Crippen LogP contribution >= 0.6 is 0 Å². The summed E-state index contributed by atoms with van der Waals surface area (Å²) in [5, 5.41) is 0. The highest BCUT2D eigenvalue weighted by Gasteiger charge is 2.08. The third kappa shape index (κ3) is 4.77. The average molecular weight is 173 g/mol. The van der Waals surface area contributed by atoms with Gasteiger partial charge in [-0.2, -0.15) is 0 Å². The normalized spacial score (nSPS) is 12.7. The van der Waals surface area contributed by atoms with Gasteiger partial charge in [0.05, 0.1) is 0 Å². The van der Waals surface area contributed by atoms with Crippen LogP contribution in [0.1, 0.15) is 20.8 Å². The molecule has 0 aliphatic carbocycles. The Kier molecular flexibility index (Phi) is 5.17. The van der Waals surface area contributed by atoms with Gasteiger partial charge < -0.3 is 0 Å². The lowest BCUT2D eigenvalue weighted by Crippen LogP contribution is -2.06. The third-order valence-electron chi connectivity index (χ3n) is 1.03. The molecule has 0 radical (unpaired) electrons. The number of hydrogen-bond acceptors (Lipinski definition) is 1. The number of aliphatic imine (C=N–C) groups is 1. The topological polar surface area (TPSA) is 12.4 Å². The minimum atomic E-state index is -2.50. The standard InChI is InChI=1S/C9H13F2N/c1-4-5-12-8(9(10)11)6-7(2)3/h4-6,9H,1-3H3/b5-4+,12-8?. The van der Waals surface area contributed by atoms with Crippen LogP contribution in [0.15, 0.2) is 28.9 Å². The van der Waals surface area contributed by atoms with E-state index in [9.17, 15) is 8.78 Å². The molecule has 0 aromatic rings. The molecule has 0 unspecified atom stereocenters. The molecule has 0 saturated carbocycles. The first kappa shape index (κ1) is 11.0. The SMILES string of the molecule is C/C=C/N=C(C=C(C)C)C(F)F. The highest BCUT2D eigenvalue weighted by Crippen LogP contribution is 2.02. The molecule has 0 heterocycles. The number of halogens is 2. The summed E-state index contributed by atoms with van der Waals surface area (Å²) in [7, 11) is 0. The molecule has 0 atom stereocenters. The Morgan fingerprint density at radius 1 is 1.33 bits per heavy atom. The van der Waals surface area contributed by atoms with E-state index in [1.807, 2.05) is 0 Å². The molecule has 12 heavy (non-hydrogen) atoms. The predicted octanol–water partition coefficient (Wildman–Crippen LogP) is 3.19. The van der Waals surface area contributed by atoms with Crippen LogP contribution in [0, 0.1) is 0 Å². The molecule has 0 rings (SSSR count). The van der Waals surface area contributed by atoms with Gasteiger partial charge in [0.1, 0.15) is 5.71 Å². The summed E-state index contributed by atoms with van der Waals surface area (Å²) < 4.78 is 24.3. The van der Waals surface area contributed by atoms with Crippen molar-refractivity contribution in [3.05, 3.63) is 23.9 Å². The summed E-state index contributed by atoms with van der Waals surface area (Å²) in [6.45, 7) is 5.25. The molecule has 0 N–H and O–H groups in total. The second-order valence-electron chi connectivity index (χ2n) is 2.56. The molecule has 0 aliphatic rings. The van der Waals surface area contributed by atoms with Crippen molar-refractivity contribution in [2.45, 2.75) is 27.2 Å². The van der Waals surface area contributed by atoms with Crippen LogP contribution in [0.5, 0.6) is 0 Å². The fourth-order valence-electron chi connectivity index (χ4n) is 0.613. The molecule has 0 aromatic carbocycles. The Bertz CT molecular complexity index is 211. The number of nitrogens with zero attached hydrogens (tertiary/aromatic N) is 1. The van der Waals surface area contributed by atoms with E-state index in [-0.39, 0.29) is 5.71 Å². The monoisotopic (exact) mass is 173 g/mol. The molecule has 0 spiro atoms. The Hall–Kier alpha value is -0.990.